The number of phosphoric acid groups is 1. The molecule has 0 amide bonds. The van der Waals surface area contributed by atoms with Crippen molar-refractivity contribution in [2.45, 2.75) is 31.8 Å². The first-order chi connectivity index (χ1) is 7.20. The molecule has 3 N–H and O–H groups in total. The molecule has 16 heavy (non-hydrogen) atoms. The maximum absolute atomic E-state index is 12.3. The van der Waals surface area contributed by atoms with Crippen LogP contribution in [0, 0.1) is 0 Å². The van der Waals surface area contributed by atoms with Crippen LogP contribution >= 0.6 is 7.82 Å². The van der Waals surface area contributed by atoms with E-state index in [0.717, 1.165) is 0 Å². The first kappa shape index (κ1) is 13.7. The maximum Gasteiger partial charge on any atom is 0.472 e. The zero-order chi connectivity index (χ0) is 12.5. The van der Waals surface area contributed by atoms with Gasteiger partial charge in [0.25, 0.3) is 6.08 Å². The van der Waals surface area contributed by atoms with Gasteiger partial charge in [0.1, 0.15) is 6.10 Å². The lowest BCUT2D eigenvalue weighted by atomic mass is 10.0. The van der Waals surface area contributed by atoms with Crippen LogP contribution < -0.4 is 0 Å². The molecule has 0 aromatic rings. The Morgan fingerprint density at radius 3 is 2.56 bits per heavy atom. The molecular weight excluding hydrogens is 249 g/mol. The Bertz CT molecular complexity index is 336. The number of hydrogen-bond donors (Lipinski definition) is 3. The maximum atomic E-state index is 12.3. The van der Waals surface area contributed by atoms with E-state index in [9.17, 15) is 18.5 Å². The molecule has 1 saturated heterocycles. The highest BCUT2D eigenvalue weighted by molar-refractivity contribution is 7.46. The molecule has 0 aromatic heterocycles. The van der Waals surface area contributed by atoms with E-state index < -0.39 is 44.4 Å². The molecule has 3 atom stereocenters. The van der Waals surface area contributed by atoms with E-state index >= 15 is 0 Å². The van der Waals surface area contributed by atoms with Crippen molar-refractivity contribution in [3.05, 3.63) is 11.7 Å². The number of aliphatic hydroxyl groups excluding tert-OH is 1. The minimum Gasteiger partial charge on any atom is -0.387 e. The number of rotatable bonds is 2. The van der Waals surface area contributed by atoms with Crippen molar-refractivity contribution < 1.29 is 37.5 Å². The van der Waals surface area contributed by atoms with Crippen molar-refractivity contribution in [3.8, 4) is 0 Å². The van der Waals surface area contributed by atoms with E-state index in [2.05, 4.69) is 4.52 Å². The predicted molar refractivity (Wildman–Crippen MR) is 47.3 cm³/mol. The highest BCUT2D eigenvalue weighted by atomic mass is 31.2. The smallest absolute Gasteiger partial charge is 0.387 e. The molecule has 0 spiro atoms. The van der Waals surface area contributed by atoms with Crippen LogP contribution in [0.2, 0.25) is 0 Å². The van der Waals surface area contributed by atoms with Crippen LogP contribution in [0.1, 0.15) is 13.3 Å². The average Bonchev–Trinajstić information content (AvgIpc) is 2.07. The molecule has 0 unspecified atom stereocenters. The van der Waals surface area contributed by atoms with E-state index in [1.165, 1.54) is 6.92 Å². The standard InChI is InChI=1S/C7H11F2O6P/c1-3-4(6(8)9)2-5(10)7(14-3)15-16(11,12)13/h3,5,7,10H,2H2,1H3,(H2,11,12,13)/t3-,5-,7-/m1/s1. The average molecular weight is 260 g/mol. The molecule has 1 rings (SSSR count). The molecular formula is C7H11F2O6P. The van der Waals surface area contributed by atoms with Crippen LogP contribution in [0.4, 0.5) is 8.78 Å². The summed E-state index contributed by atoms with van der Waals surface area (Å²) >= 11 is 0. The van der Waals surface area contributed by atoms with Crippen LogP contribution in [0.25, 0.3) is 0 Å². The Balaban J connectivity index is 2.75. The second-order valence-electron chi connectivity index (χ2n) is 3.30. The fourth-order valence-electron chi connectivity index (χ4n) is 1.32. The van der Waals surface area contributed by atoms with Gasteiger partial charge in [-0.3, -0.25) is 4.52 Å². The van der Waals surface area contributed by atoms with Gasteiger partial charge in [0, 0.05) is 12.0 Å². The molecule has 0 radical (unpaired) electrons. The Hall–Kier alpha value is -0.370. The molecule has 0 saturated carbocycles. The fraction of sp³-hybridized carbons (Fsp3) is 0.714. The lowest BCUT2D eigenvalue weighted by Crippen LogP contribution is -2.40. The fourth-order valence-corrected chi connectivity index (χ4v) is 1.78. The third kappa shape index (κ3) is 3.58. The van der Waals surface area contributed by atoms with Crippen LogP contribution in [0.3, 0.4) is 0 Å². The van der Waals surface area contributed by atoms with Gasteiger partial charge in [-0.2, -0.15) is 8.78 Å². The van der Waals surface area contributed by atoms with Crippen molar-refractivity contribution in [2.24, 2.45) is 0 Å². The Labute approximate surface area is 89.7 Å². The van der Waals surface area contributed by atoms with Crippen molar-refractivity contribution in [1.29, 1.82) is 0 Å². The minimum absolute atomic E-state index is 0.405. The zero-order valence-corrected chi connectivity index (χ0v) is 9.10. The summed E-state index contributed by atoms with van der Waals surface area (Å²) in [5, 5.41) is 9.31. The first-order valence-electron chi connectivity index (χ1n) is 4.32. The molecule has 94 valence electrons. The van der Waals surface area contributed by atoms with E-state index in [-0.39, 0.29) is 0 Å². The lowest BCUT2D eigenvalue weighted by Gasteiger charge is -2.33. The van der Waals surface area contributed by atoms with Crippen LogP contribution in [-0.2, 0) is 13.8 Å². The van der Waals surface area contributed by atoms with Gasteiger partial charge in [-0.1, -0.05) is 0 Å². The molecule has 1 aliphatic heterocycles. The van der Waals surface area contributed by atoms with Gasteiger partial charge in [-0.05, 0) is 6.92 Å². The van der Waals surface area contributed by atoms with Crippen molar-refractivity contribution >= 4 is 7.82 Å². The largest absolute Gasteiger partial charge is 0.472 e. The van der Waals surface area contributed by atoms with Crippen molar-refractivity contribution in [2.75, 3.05) is 0 Å². The Morgan fingerprint density at radius 2 is 2.12 bits per heavy atom. The van der Waals surface area contributed by atoms with Gasteiger partial charge in [0.2, 0.25) is 0 Å². The zero-order valence-electron chi connectivity index (χ0n) is 8.21. The highest BCUT2D eigenvalue weighted by Gasteiger charge is 2.37. The van der Waals surface area contributed by atoms with E-state index in [1.54, 1.807) is 0 Å². The highest BCUT2D eigenvalue weighted by Crippen LogP contribution is 2.41. The van der Waals surface area contributed by atoms with Gasteiger partial charge in [0.15, 0.2) is 6.29 Å². The van der Waals surface area contributed by atoms with Gasteiger partial charge in [-0.15, -0.1) is 0 Å². The minimum atomic E-state index is -4.83. The summed E-state index contributed by atoms with van der Waals surface area (Å²) < 4.78 is 44.0. The van der Waals surface area contributed by atoms with Crippen LogP contribution in [0.15, 0.2) is 11.7 Å². The molecule has 0 bridgehead atoms. The van der Waals surface area contributed by atoms with Crippen LogP contribution in [0.5, 0.6) is 0 Å². The van der Waals surface area contributed by atoms with Gasteiger partial charge < -0.3 is 19.6 Å². The third-order valence-electron chi connectivity index (χ3n) is 2.06. The van der Waals surface area contributed by atoms with Gasteiger partial charge in [-0.25, -0.2) is 4.57 Å². The summed E-state index contributed by atoms with van der Waals surface area (Å²) in [5.41, 5.74) is -0.405. The topological polar surface area (TPSA) is 96.2 Å². The number of hydrogen-bond acceptors (Lipinski definition) is 4. The monoisotopic (exact) mass is 260 g/mol. The number of phosphoric ester groups is 1. The lowest BCUT2D eigenvalue weighted by molar-refractivity contribution is -0.187. The molecule has 1 heterocycles. The van der Waals surface area contributed by atoms with Gasteiger partial charge in [0.05, 0.1) is 6.10 Å². The third-order valence-corrected chi connectivity index (χ3v) is 2.54. The second-order valence-corrected chi connectivity index (χ2v) is 4.49. The van der Waals surface area contributed by atoms with Crippen molar-refractivity contribution in [1.82, 2.24) is 0 Å². The quantitative estimate of drug-likeness (QED) is 0.634. The molecule has 1 aliphatic rings. The Morgan fingerprint density at radius 1 is 1.56 bits per heavy atom. The summed E-state index contributed by atoms with van der Waals surface area (Å²) in [6.07, 6.45) is -6.64. The van der Waals surface area contributed by atoms with E-state index in [0.29, 0.717) is 0 Å². The summed E-state index contributed by atoms with van der Waals surface area (Å²) in [6.45, 7) is 1.27. The number of ether oxygens (including phenoxy) is 1. The Kier molecular flexibility index (Phi) is 4.17. The predicted octanol–water partition coefficient (Wildman–Crippen LogP) is 0.742. The molecule has 6 nitrogen and oxygen atoms in total. The molecule has 9 heteroatoms. The summed E-state index contributed by atoms with van der Waals surface area (Å²) in [7, 11) is -4.83. The summed E-state index contributed by atoms with van der Waals surface area (Å²) in [5.74, 6) is 0. The summed E-state index contributed by atoms with van der Waals surface area (Å²) in [6, 6.07) is 0. The van der Waals surface area contributed by atoms with E-state index in [1.807, 2.05) is 0 Å². The number of halogens is 2. The summed E-state index contributed by atoms with van der Waals surface area (Å²) in [4.78, 5) is 17.0. The molecule has 1 fully saturated rings. The number of aliphatic hydroxyl groups is 1. The molecule has 0 aromatic carbocycles. The van der Waals surface area contributed by atoms with E-state index in [4.69, 9.17) is 14.5 Å². The first-order valence-corrected chi connectivity index (χ1v) is 5.85. The van der Waals surface area contributed by atoms with Crippen LogP contribution in [-0.4, -0.2) is 33.4 Å². The SMILES string of the molecule is C[C@H]1O[C@H](OP(=O)(O)O)[C@H](O)CC1=C(F)F. The second kappa shape index (κ2) is 4.87. The van der Waals surface area contributed by atoms with Crippen molar-refractivity contribution in [3.63, 3.8) is 0 Å². The van der Waals surface area contributed by atoms with Gasteiger partial charge >= 0.3 is 7.82 Å². The molecule has 0 aliphatic carbocycles. The normalized spacial score (nSPS) is 31.6.